The summed E-state index contributed by atoms with van der Waals surface area (Å²) in [6, 6.07) is 6.21. The molecular weight excluding hydrogens is 222 g/mol. The lowest BCUT2D eigenvalue weighted by molar-refractivity contribution is -0.384. The molecule has 0 aliphatic heterocycles. The van der Waals surface area contributed by atoms with Gasteiger partial charge < -0.3 is 9.47 Å². The van der Waals surface area contributed by atoms with E-state index in [0.717, 1.165) is 5.56 Å². The average Bonchev–Trinajstić information content (AvgIpc) is 2.30. The third-order valence-corrected chi connectivity index (χ3v) is 2.44. The first-order valence-electron chi connectivity index (χ1n) is 5.56. The molecule has 0 saturated carbocycles. The summed E-state index contributed by atoms with van der Waals surface area (Å²) in [5, 5.41) is 10.6. The molecule has 94 valence electrons. The number of benzene rings is 1. The Morgan fingerprint density at radius 1 is 1.18 bits per heavy atom. The first kappa shape index (κ1) is 13.6. The van der Waals surface area contributed by atoms with Gasteiger partial charge >= 0.3 is 0 Å². The van der Waals surface area contributed by atoms with Crippen molar-refractivity contribution in [3.05, 3.63) is 39.9 Å². The average molecular weight is 239 g/mol. The van der Waals surface area contributed by atoms with Gasteiger partial charge in [-0.05, 0) is 32.9 Å². The zero-order valence-electron chi connectivity index (χ0n) is 10.3. The van der Waals surface area contributed by atoms with Gasteiger partial charge in [0.25, 0.3) is 5.69 Å². The predicted octanol–water partition coefficient (Wildman–Crippen LogP) is 2.84. The summed E-state index contributed by atoms with van der Waals surface area (Å²) in [6.45, 7) is 6.58. The number of nitro benzene ring substituents is 1. The molecule has 0 atom stereocenters. The number of ether oxygens (including phenoxy) is 2. The van der Waals surface area contributed by atoms with E-state index >= 15 is 0 Å². The van der Waals surface area contributed by atoms with Gasteiger partial charge in [-0.25, -0.2) is 0 Å². The third-order valence-electron chi connectivity index (χ3n) is 2.44. The largest absolute Gasteiger partial charge is 0.346 e. The number of hydrogen-bond acceptors (Lipinski definition) is 4. The Bertz CT molecular complexity index is 369. The summed E-state index contributed by atoms with van der Waals surface area (Å²) < 4.78 is 11.1. The fourth-order valence-electron chi connectivity index (χ4n) is 1.65. The van der Waals surface area contributed by atoms with Gasteiger partial charge in [-0.15, -0.1) is 0 Å². The standard InChI is InChI=1S/C12H17NO4/c1-4-16-12(3,17-5-2)10-6-8-11(9-7-10)13(14)15/h6-9H,4-5H2,1-3H3. The summed E-state index contributed by atoms with van der Waals surface area (Å²) in [4.78, 5) is 10.1. The molecule has 0 heterocycles. The van der Waals surface area contributed by atoms with Crippen molar-refractivity contribution >= 4 is 5.69 Å². The fraction of sp³-hybridized carbons (Fsp3) is 0.500. The van der Waals surface area contributed by atoms with E-state index in [4.69, 9.17) is 9.47 Å². The number of nitro groups is 1. The predicted molar refractivity (Wildman–Crippen MR) is 63.7 cm³/mol. The van der Waals surface area contributed by atoms with Gasteiger partial charge in [0.1, 0.15) is 0 Å². The Morgan fingerprint density at radius 2 is 1.65 bits per heavy atom. The van der Waals surface area contributed by atoms with Gasteiger partial charge in [0, 0.05) is 30.9 Å². The highest BCUT2D eigenvalue weighted by Crippen LogP contribution is 2.28. The van der Waals surface area contributed by atoms with E-state index in [0.29, 0.717) is 13.2 Å². The first-order valence-corrected chi connectivity index (χ1v) is 5.56. The van der Waals surface area contributed by atoms with E-state index in [2.05, 4.69) is 0 Å². The Kier molecular flexibility index (Phi) is 4.60. The van der Waals surface area contributed by atoms with E-state index in [1.807, 2.05) is 13.8 Å². The maximum Gasteiger partial charge on any atom is 0.269 e. The van der Waals surface area contributed by atoms with Gasteiger partial charge in [0.2, 0.25) is 0 Å². The lowest BCUT2D eigenvalue weighted by Crippen LogP contribution is -2.29. The monoisotopic (exact) mass is 239 g/mol. The van der Waals surface area contributed by atoms with Crippen LogP contribution in [0.1, 0.15) is 26.3 Å². The number of non-ortho nitro benzene ring substituents is 1. The molecule has 5 nitrogen and oxygen atoms in total. The number of nitrogens with zero attached hydrogens (tertiary/aromatic N) is 1. The lowest BCUT2D eigenvalue weighted by atomic mass is 10.1. The second-order valence-electron chi connectivity index (χ2n) is 3.62. The van der Waals surface area contributed by atoms with Crippen LogP contribution >= 0.6 is 0 Å². The van der Waals surface area contributed by atoms with Crippen molar-refractivity contribution in [2.24, 2.45) is 0 Å². The molecule has 0 aliphatic rings. The van der Waals surface area contributed by atoms with Gasteiger partial charge in [0.15, 0.2) is 5.79 Å². The summed E-state index contributed by atoms with van der Waals surface area (Å²) >= 11 is 0. The van der Waals surface area contributed by atoms with Crippen molar-refractivity contribution in [2.45, 2.75) is 26.6 Å². The molecule has 17 heavy (non-hydrogen) atoms. The smallest absolute Gasteiger partial charge is 0.269 e. The van der Waals surface area contributed by atoms with Crippen molar-refractivity contribution in [1.29, 1.82) is 0 Å². The molecule has 0 saturated heterocycles. The van der Waals surface area contributed by atoms with E-state index in [1.165, 1.54) is 12.1 Å². The fourth-order valence-corrected chi connectivity index (χ4v) is 1.65. The maximum atomic E-state index is 10.6. The first-order chi connectivity index (χ1) is 8.03. The minimum Gasteiger partial charge on any atom is -0.346 e. The van der Waals surface area contributed by atoms with E-state index in [-0.39, 0.29) is 5.69 Å². The van der Waals surface area contributed by atoms with Crippen LogP contribution in [0.4, 0.5) is 5.69 Å². The van der Waals surface area contributed by atoms with Crippen LogP contribution in [0.5, 0.6) is 0 Å². The SMILES string of the molecule is CCOC(C)(OCC)c1ccc([N+](=O)[O-])cc1. The van der Waals surface area contributed by atoms with E-state index < -0.39 is 10.7 Å². The summed E-state index contributed by atoms with van der Waals surface area (Å²) in [5.41, 5.74) is 0.830. The van der Waals surface area contributed by atoms with Crippen LogP contribution in [-0.2, 0) is 15.3 Å². The Morgan fingerprint density at radius 3 is 2.00 bits per heavy atom. The van der Waals surface area contributed by atoms with E-state index in [9.17, 15) is 10.1 Å². The lowest BCUT2D eigenvalue weighted by Gasteiger charge is -2.29. The Labute approximate surface area is 101 Å². The van der Waals surface area contributed by atoms with Crippen LogP contribution in [0.25, 0.3) is 0 Å². The highest BCUT2D eigenvalue weighted by molar-refractivity contribution is 5.34. The zero-order chi connectivity index (χ0) is 12.9. The van der Waals surface area contributed by atoms with Crippen molar-refractivity contribution in [2.75, 3.05) is 13.2 Å². The molecule has 1 rings (SSSR count). The van der Waals surface area contributed by atoms with Gasteiger partial charge in [-0.3, -0.25) is 10.1 Å². The van der Waals surface area contributed by atoms with Gasteiger partial charge in [0.05, 0.1) is 4.92 Å². The molecule has 0 fully saturated rings. The van der Waals surface area contributed by atoms with Crippen LogP contribution in [0, 0.1) is 10.1 Å². The molecule has 0 radical (unpaired) electrons. The summed E-state index contributed by atoms with van der Waals surface area (Å²) in [5.74, 6) is -0.849. The van der Waals surface area contributed by atoms with Crippen LogP contribution < -0.4 is 0 Å². The molecule has 5 heteroatoms. The molecular formula is C12H17NO4. The van der Waals surface area contributed by atoms with Gasteiger partial charge in [-0.2, -0.15) is 0 Å². The molecule has 0 aromatic heterocycles. The molecule has 0 unspecified atom stereocenters. The summed E-state index contributed by atoms with van der Waals surface area (Å²) in [7, 11) is 0. The highest BCUT2D eigenvalue weighted by atomic mass is 16.7. The molecule has 0 spiro atoms. The number of hydrogen-bond donors (Lipinski definition) is 0. The normalized spacial score (nSPS) is 11.5. The molecule has 0 N–H and O–H groups in total. The number of rotatable bonds is 6. The van der Waals surface area contributed by atoms with Crippen LogP contribution in [-0.4, -0.2) is 18.1 Å². The second kappa shape index (κ2) is 5.75. The minimum atomic E-state index is -0.849. The van der Waals surface area contributed by atoms with Crippen LogP contribution in [0.3, 0.4) is 0 Å². The Hall–Kier alpha value is -1.46. The van der Waals surface area contributed by atoms with Crippen molar-refractivity contribution in [1.82, 2.24) is 0 Å². The zero-order valence-corrected chi connectivity index (χ0v) is 10.3. The topological polar surface area (TPSA) is 61.6 Å². The maximum absolute atomic E-state index is 10.6. The van der Waals surface area contributed by atoms with Crippen molar-refractivity contribution in [3.63, 3.8) is 0 Å². The second-order valence-corrected chi connectivity index (χ2v) is 3.62. The molecule has 0 aliphatic carbocycles. The molecule has 0 amide bonds. The van der Waals surface area contributed by atoms with Gasteiger partial charge in [-0.1, -0.05) is 0 Å². The van der Waals surface area contributed by atoms with Crippen LogP contribution in [0.2, 0.25) is 0 Å². The molecule has 1 aromatic carbocycles. The van der Waals surface area contributed by atoms with Crippen molar-refractivity contribution < 1.29 is 14.4 Å². The highest BCUT2D eigenvalue weighted by Gasteiger charge is 2.27. The third kappa shape index (κ3) is 3.25. The van der Waals surface area contributed by atoms with E-state index in [1.54, 1.807) is 19.1 Å². The molecule has 0 bridgehead atoms. The van der Waals surface area contributed by atoms with Crippen molar-refractivity contribution in [3.8, 4) is 0 Å². The van der Waals surface area contributed by atoms with Crippen LogP contribution in [0.15, 0.2) is 24.3 Å². The quantitative estimate of drug-likeness (QED) is 0.435. The molecule has 1 aromatic rings. The minimum absolute atomic E-state index is 0.0593. The summed E-state index contributed by atoms with van der Waals surface area (Å²) in [6.07, 6.45) is 0. The Balaban J connectivity index is 2.98.